The van der Waals surface area contributed by atoms with Crippen molar-refractivity contribution in [3.63, 3.8) is 0 Å². The monoisotopic (exact) mass is 328 g/mol. The van der Waals surface area contributed by atoms with E-state index in [1.165, 1.54) is 23.3 Å². The van der Waals surface area contributed by atoms with Crippen LogP contribution in [0.15, 0.2) is 48.5 Å². The van der Waals surface area contributed by atoms with E-state index in [0.29, 0.717) is 0 Å². The highest BCUT2D eigenvalue weighted by Gasteiger charge is 2.17. The van der Waals surface area contributed by atoms with Crippen LogP contribution in [0.4, 0.5) is 4.39 Å². The third-order valence-electron chi connectivity index (χ3n) is 4.63. The molecule has 0 radical (unpaired) electrons. The molecule has 0 amide bonds. The quantitative estimate of drug-likeness (QED) is 0.855. The van der Waals surface area contributed by atoms with Crippen LogP contribution in [0.3, 0.4) is 0 Å². The van der Waals surface area contributed by atoms with E-state index in [1.54, 1.807) is 0 Å². The van der Waals surface area contributed by atoms with Gasteiger partial charge in [-0.05, 0) is 41.7 Å². The van der Waals surface area contributed by atoms with E-state index in [0.717, 1.165) is 51.1 Å². The second-order valence-electron chi connectivity index (χ2n) is 6.51. The molecule has 24 heavy (non-hydrogen) atoms. The maximum Gasteiger partial charge on any atom is 0.123 e. The average Bonchev–Trinajstić information content (AvgIpc) is 2.60. The zero-order chi connectivity index (χ0) is 16.8. The zero-order valence-electron chi connectivity index (χ0n) is 13.9. The molecule has 0 unspecified atom stereocenters. The number of nitrogens with one attached hydrogen (secondary N) is 1. The van der Waals surface area contributed by atoms with E-state index in [2.05, 4.69) is 34.5 Å². The van der Waals surface area contributed by atoms with Crippen molar-refractivity contribution < 1.29 is 9.50 Å². The Kier molecular flexibility index (Phi) is 5.96. The van der Waals surface area contributed by atoms with Gasteiger partial charge in [0.2, 0.25) is 0 Å². The Morgan fingerprint density at radius 2 is 1.62 bits per heavy atom. The van der Waals surface area contributed by atoms with Crippen molar-refractivity contribution in [3.05, 3.63) is 71.0 Å². The minimum absolute atomic E-state index is 0.131. The molecule has 3 rings (SSSR count). The molecular weight excluding hydrogens is 303 g/mol. The third kappa shape index (κ3) is 4.87. The van der Waals surface area contributed by atoms with Gasteiger partial charge in [-0.1, -0.05) is 36.4 Å². The van der Waals surface area contributed by atoms with Crippen molar-refractivity contribution >= 4 is 0 Å². The molecule has 1 fully saturated rings. The SMILES string of the molecule is OC1CCN(Cc2ccccc2CNCc2ccc(F)cc2)CC1. The highest BCUT2D eigenvalue weighted by atomic mass is 19.1. The molecule has 128 valence electrons. The maximum absolute atomic E-state index is 12.9. The first kappa shape index (κ1) is 17.1. The lowest BCUT2D eigenvalue weighted by molar-refractivity contribution is 0.0791. The van der Waals surface area contributed by atoms with Crippen molar-refractivity contribution in [2.45, 2.75) is 38.6 Å². The van der Waals surface area contributed by atoms with E-state index in [4.69, 9.17) is 0 Å². The van der Waals surface area contributed by atoms with Crippen LogP contribution >= 0.6 is 0 Å². The second-order valence-corrected chi connectivity index (χ2v) is 6.51. The molecule has 0 atom stereocenters. The highest BCUT2D eigenvalue weighted by molar-refractivity contribution is 5.27. The van der Waals surface area contributed by atoms with Gasteiger partial charge in [-0.3, -0.25) is 4.90 Å². The number of hydrogen-bond acceptors (Lipinski definition) is 3. The first-order valence-electron chi connectivity index (χ1n) is 8.63. The predicted molar refractivity (Wildman–Crippen MR) is 93.9 cm³/mol. The smallest absolute Gasteiger partial charge is 0.123 e. The molecule has 0 spiro atoms. The van der Waals surface area contributed by atoms with E-state index >= 15 is 0 Å². The number of hydrogen-bond donors (Lipinski definition) is 2. The molecule has 3 nitrogen and oxygen atoms in total. The third-order valence-corrected chi connectivity index (χ3v) is 4.63. The fraction of sp³-hybridized carbons (Fsp3) is 0.400. The summed E-state index contributed by atoms with van der Waals surface area (Å²) in [5, 5.41) is 13.1. The number of aliphatic hydroxyl groups is 1. The Labute approximate surface area is 143 Å². The average molecular weight is 328 g/mol. The van der Waals surface area contributed by atoms with Gasteiger partial charge < -0.3 is 10.4 Å². The summed E-state index contributed by atoms with van der Waals surface area (Å²) in [4.78, 5) is 2.41. The Balaban J connectivity index is 1.54. The van der Waals surface area contributed by atoms with E-state index in [1.807, 2.05) is 12.1 Å². The number of piperidine rings is 1. The fourth-order valence-corrected chi connectivity index (χ4v) is 3.15. The lowest BCUT2D eigenvalue weighted by atomic mass is 10.0. The van der Waals surface area contributed by atoms with Gasteiger partial charge in [0.05, 0.1) is 6.10 Å². The number of likely N-dealkylation sites (tertiary alicyclic amines) is 1. The molecule has 0 bridgehead atoms. The number of rotatable bonds is 6. The molecule has 2 N–H and O–H groups in total. The lowest BCUT2D eigenvalue weighted by Crippen LogP contribution is -2.35. The van der Waals surface area contributed by atoms with Crippen LogP contribution in [0.5, 0.6) is 0 Å². The number of halogens is 1. The van der Waals surface area contributed by atoms with Gasteiger partial charge in [-0.2, -0.15) is 0 Å². The molecule has 2 aromatic rings. The molecule has 4 heteroatoms. The number of benzene rings is 2. The van der Waals surface area contributed by atoms with E-state index < -0.39 is 0 Å². The number of nitrogens with zero attached hydrogens (tertiary/aromatic N) is 1. The van der Waals surface area contributed by atoms with Gasteiger partial charge in [0, 0.05) is 32.7 Å². The van der Waals surface area contributed by atoms with Crippen LogP contribution in [0.2, 0.25) is 0 Å². The normalized spacial score (nSPS) is 16.4. The molecule has 1 aliphatic rings. The van der Waals surface area contributed by atoms with Crippen molar-refractivity contribution in [3.8, 4) is 0 Å². The van der Waals surface area contributed by atoms with Gasteiger partial charge in [-0.25, -0.2) is 4.39 Å². The minimum Gasteiger partial charge on any atom is -0.393 e. The number of aliphatic hydroxyl groups excluding tert-OH is 1. The molecule has 0 aliphatic carbocycles. The molecule has 2 aromatic carbocycles. The van der Waals surface area contributed by atoms with Crippen LogP contribution in [0.1, 0.15) is 29.5 Å². The first-order chi connectivity index (χ1) is 11.7. The lowest BCUT2D eigenvalue weighted by Gasteiger charge is -2.30. The standard InChI is InChI=1S/C20H25FN2O/c21-19-7-5-16(6-8-19)13-22-14-17-3-1-2-4-18(17)15-23-11-9-20(24)10-12-23/h1-8,20,22,24H,9-15H2. The van der Waals surface area contributed by atoms with Gasteiger partial charge in [0.15, 0.2) is 0 Å². The van der Waals surface area contributed by atoms with Gasteiger partial charge in [0.1, 0.15) is 5.82 Å². The zero-order valence-corrected chi connectivity index (χ0v) is 13.9. The summed E-state index contributed by atoms with van der Waals surface area (Å²) in [7, 11) is 0. The predicted octanol–water partition coefficient (Wildman–Crippen LogP) is 3.07. The van der Waals surface area contributed by atoms with Crippen molar-refractivity contribution in [1.29, 1.82) is 0 Å². The Morgan fingerprint density at radius 3 is 2.33 bits per heavy atom. The topological polar surface area (TPSA) is 35.5 Å². The molecule has 0 saturated carbocycles. The van der Waals surface area contributed by atoms with Crippen LogP contribution < -0.4 is 5.32 Å². The van der Waals surface area contributed by atoms with Gasteiger partial charge in [-0.15, -0.1) is 0 Å². The summed E-state index contributed by atoms with van der Waals surface area (Å²) in [6, 6.07) is 15.1. The minimum atomic E-state index is -0.198. The maximum atomic E-state index is 12.9. The summed E-state index contributed by atoms with van der Waals surface area (Å²) in [5.41, 5.74) is 3.71. The Morgan fingerprint density at radius 1 is 0.958 bits per heavy atom. The fourth-order valence-electron chi connectivity index (χ4n) is 3.15. The summed E-state index contributed by atoms with van der Waals surface area (Å²) in [5.74, 6) is -0.198. The highest BCUT2D eigenvalue weighted by Crippen LogP contribution is 2.16. The molecular formula is C20H25FN2O. The van der Waals surface area contributed by atoms with E-state index in [-0.39, 0.29) is 11.9 Å². The molecule has 0 aromatic heterocycles. The van der Waals surface area contributed by atoms with Crippen LogP contribution in [-0.2, 0) is 19.6 Å². The van der Waals surface area contributed by atoms with Gasteiger partial charge in [0.25, 0.3) is 0 Å². The summed E-state index contributed by atoms with van der Waals surface area (Å²) in [6.45, 7) is 4.37. The van der Waals surface area contributed by atoms with Crippen LogP contribution in [0, 0.1) is 5.82 Å². The van der Waals surface area contributed by atoms with Crippen LogP contribution in [0.25, 0.3) is 0 Å². The van der Waals surface area contributed by atoms with Crippen molar-refractivity contribution in [2.75, 3.05) is 13.1 Å². The summed E-state index contributed by atoms with van der Waals surface area (Å²) >= 11 is 0. The van der Waals surface area contributed by atoms with Crippen molar-refractivity contribution in [2.24, 2.45) is 0 Å². The Hall–Kier alpha value is -1.75. The molecule has 1 aliphatic heterocycles. The largest absolute Gasteiger partial charge is 0.393 e. The Bertz CT molecular complexity index is 636. The van der Waals surface area contributed by atoms with Crippen molar-refractivity contribution in [1.82, 2.24) is 10.2 Å². The molecule has 1 heterocycles. The summed E-state index contributed by atoms with van der Waals surface area (Å²) < 4.78 is 12.9. The van der Waals surface area contributed by atoms with E-state index in [9.17, 15) is 9.50 Å². The van der Waals surface area contributed by atoms with Gasteiger partial charge >= 0.3 is 0 Å². The summed E-state index contributed by atoms with van der Waals surface area (Å²) in [6.07, 6.45) is 1.60. The second kappa shape index (κ2) is 8.38. The van der Waals surface area contributed by atoms with Crippen LogP contribution in [-0.4, -0.2) is 29.2 Å². The first-order valence-corrected chi connectivity index (χ1v) is 8.63. The molecule has 1 saturated heterocycles.